The van der Waals surface area contributed by atoms with Crippen LogP contribution in [0.25, 0.3) is 22.2 Å². The predicted molar refractivity (Wildman–Crippen MR) is 99.2 cm³/mol. The highest BCUT2D eigenvalue weighted by molar-refractivity contribution is 5.75. The van der Waals surface area contributed by atoms with Crippen molar-refractivity contribution in [1.82, 2.24) is 20.1 Å². The zero-order chi connectivity index (χ0) is 18.1. The van der Waals surface area contributed by atoms with Gasteiger partial charge in [-0.2, -0.15) is 0 Å². The lowest BCUT2D eigenvalue weighted by Crippen LogP contribution is -2.04. The van der Waals surface area contributed by atoms with Gasteiger partial charge in [0, 0.05) is 17.3 Å². The summed E-state index contributed by atoms with van der Waals surface area (Å²) in [5, 5.41) is 7.36. The second kappa shape index (κ2) is 6.51. The molecule has 0 aliphatic carbocycles. The molecule has 3 heterocycles. The van der Waals surface area contributed by atoms with E-state index in [0.29, 0.717) is 12.4 Å². The quantitative estimate of drug-likeness (QED) is 0.569. The van der Waals surface area contributed by atoms with E-state index in [9.17, 15) is 0 Å². The van der Waals surface area contributed by atoms with Crippen LogP contribution in [0, 0.1) is 13.8 Å². The van der Waals surface area contributed by atoms with Crippen molar-refractivity contribution in [3.8, 4) is 17.0 Å². The Morgan fingerprint density at radius 3 is 2.81 bits per heavy atom. The Kier molecular flexibility index (Phi) is 4.04. The summed E-state index contributed by atoms with van der Waals surface area (Å²) in [5.74, 6) is 2.13. The zero-order valence-corrected chi connectivity index (χ0v) is 14.8. The van der Waals surface area contributed by atoms with Gasteiger partial charge in [-0.1, -0.05) is 17.3 Å². The van der Waals surface area contributed by atoms with Crippen LogP contribution in [-0.2, 0) is 6.54 Å². The lowest BCUT2D eigenvalue weighted by atomic mass is 10.1. The number of hydrogen-bond donors (Lipinski definition) is 2. The first-order valence-corrected chi connectivity index (χ1v) is 8.30. The Hall–Kier alpha value is -3.35. The van der Waals surface area contributed by atoms with E-state index >= 15 is 0 Å². The summed E-state index contributed by atoms with van der Waals surface area (Å²) in [6.45, 7) is 4.33. The number of nitrogens with zero attached hydrogens (tertiary/aromatic N) is 3. The van der Waals surface area contributed by atoms with Crippen LogP contribution in [0.2, 0.25) is 0 Å². The van der Waals surface area contributed by atoms with Crippen molar-refractivity contribution in [3.05, 3.63) is 53.8 Å². The third-order valence-corrected chi connectivity index (χ3v) is 4.25. The maximum Gasteiger partial charge on any atom is 0.237 e. The number of hydrogen-bond acceptors (Lipinski definition) is 6. The normalized spacial score (nSPS) is 11.0. The molecule has 0 aliphatic rings. The van der Waals surface area contributed by atoms with Crippen LogP contribution in [0.1, 0.15) is 17.3 Å². The second-order valence-electron chi connectivity index (χ2n) is 6.03. The monoisotopic (exact) mass is 349 g/mol. The lowest BCUT2D eigenvalue weighted by molar-refractivity contribution is 0.393. The Morgan fingerprint density at radius 2 is 2.08 bits per heavy atom. The number of rotatable bonds is 5. The van der Waals surface area contributed by atoms with E-state index in [1.807, 2.05) is 44.2 Å². The van der Waals surface area contributed by atoms with Gasteiger partial charge in [-0.3, -0.25) is 0 Å². The highest BCUT2D eigenvalue weighted by Gasteiger charge is 2.15. The summed E-state index contributed by atoms with van der Waals surface area (Å²) in [6, 6.07) is 9.93. The summed E-state index contributed by atoms with van der Waals surface area (Å²) in [6.07, 6.45) is 1.76. The maximum atomic E-state index is 5.38. The van der Waals surface area contributed by atoms with Crippen molar-refractivity contribution in [2.75, 3.05) is 12.4 Å². The fourth-order valence-electron chi connectivity index (χ4n) is 3.04. The molecule has 1 aromatic carbocycles. The van der Waals surface area contributed by atoms with Gasteiger partial charge in [-0.25, -0.2) is 9.97 Å². The molecule has 26 heavy (non-hydrogen) atoms. The molecule has 7 nitrogen and oxygen atoms in total. The van der Waals surface area contributed by atoms with Crippen LogP contribution in [0.4, 0.5) is 5.69 Å². The van der Waals surface area contributed by atoms with Crippen LogP contribution in [0.15, 0.2) is 41.1 Å². The number of methoxy groups -OCH3 is 1. The van der Waals surface area contributed by atoms with Crippen LogP contribution >= 0.6 is 0 Å². The maximum absolute atomic E-state index is 5.38. The molecule has 7 heteroatoms. The number of pyridine rings is 1. The molecule has 0 unspecified atom stereocenters. The van der Waals surface area contributed by atoms with Gasteiger partial charge < -0.3 is 19.6 Å². The fourth-order valence-corrected chi connectivity index (χ4v) is 3.04. The molecule has 0 bridgehead atoms. The molecule has 132 valence electrons. The molecular weight excluding hydrogens is 330 g/mol. The highest BCUT2D eigenvalue weighted by Crippen LogP contribution is 2.32. The van der Waals surface area contributed by atoms with Gasteiger partial charge >= 0.3 is 0 Å². The van der Waals surface area contributed by atoms with Gasteiger partial charge in [-0.15, -0.1) is 0 Å². The third-order valence-electron chi connectivity index (χ3n) is 4.25. The van der Waals surface area contributed by atoms with Crippen LogP contribution in [0.3, 0.4) is 0 Å². The summed E-state index contributed by atoms with van der Waals surface area (Å²) in [4.78, 5) is 12.3. The van der Waals surface area contributed by atoms with Crippen molar-refractivity contribution in [3.63, 3.8) is 0 Å². The Labute approximate surface area is 150 Å². The van der Waals surface area contributed by atoms with E-state index in [0.717, 1.165) is 45.1 Å². The number of aromatic amines is 1. The molecule has 0 aliphatic heterocycles. The number of anilines is 1. The molecule has 4 aromatic rings. The van der Waals surface area contributed by atoms with E-state index in [-0.39, 0.29) is 0 Å². The van der Waals surface area contributed by atoms with Crippen LogP contribution in [0.5, 0.6) is 5.88 Å². The molecule has 0 atom stereocenters. The molecular formula is C19H19N5O2. The van der Waals surface area contributed by atoms with Gasteiger partial charge in [0.15, 0.2) is 0 Å². The molecule has 0 fully saturated rings. The van der Waals surface area contributed by atoms with Gasteiger partial charge in [0.25, 0.3) is 0 Å². The van der Waals surface area contributed by atoms with Crippen LogP contribution in [-0.4, -0.2) is 27.2 Å². The van der Waals surface area contributed by atoms with E-state index in [2.05, 4.69) is 25.4 Å². The SMILES string of the molecule is COc1ncc(-c2c(C)noc2C)cc1NCc1nc2ccccc2[nH]1. The van der Waals surface area contributed by atoms with Crippen LogP contribution < -0.4 is 10.1 Å². The Morgan fingerprint density at radius 1 is 1.23 bits per heavy atom. The van der Waals surface area contributed by atoms with Gasteiger partial charge in [0.05, 0.1) is 36.1 Å². The fraction of sp³-hybridized carbons (Fsp3) is 0.211. The smallest absolute Gasteiger partial charge is 0.237 e. The molecule has 4 rings (SSSR count). The van der Waals surface area contributed by atoms with Gasteiger partial charge in [-0.05, 0) is 32.0 Å². The molecule has 0 saturated carbocycles. The summed E-state index contributed by atoms with van der Waals surface area (Å²) in [5.41, 5.74) is 5.45. The number of para-hydroxylation sites is 2. The zero-order valence-electron chi connectivity index (χ0n) is 14.8. The van der Waals surface area contributed by atoms with Gasteiger partial charge in [0.2, 0.25) is 5.88 Å². The van der Waals surface area contributed by atoms with E-state index in [1.165, 1.54) is 0 Å². The first-order valence-electron chi connectivity index (χ1n) is 8.30. The first kappa shape index (κ1) is 16.1. The number of ether oxygens (including phenoxy) is 1. The first-order chi connectivity index (χ1) is 12.7. The van der Waals surface area contributed by atoms with Crippen molar-refractivity contribution in [1.29, 1.82) is 0 Å². The third kappa shape index (κ3) is 2.88. The molecule has 2 N–H and O–H groups in total. The summed E-state index contributed by atoms with van der Waals surface area (Å²) < 4.78 is 10.6. The minimum Gasteiger partial charge on any atom is -0.480 e. The number of H-pyrrole nitrogens is 1. The summed E-state index contributed by atoms with van der Waals surface area (Å²) in [7, 11) is 1.60. The number of aromatic nitrogens is 4. The van der Waals surface area contributed by atoms with Gasteiger partial charge in [0.1, 0.15) is 11.6 Å². The number of benzene rings is 1. The molecule has 0 radical (unpaired) electrons. The Bertz CT molecular complexity index is 1010. The molecule has 0 amide bonds. The standard InChI is InChI=1S/C19H19N5O2/c1-11-18(12(2)26-24-11)13-8-16(19(25-3)21-9-13)20-10-17-22-14-6-4-5-7-15(14)23-17/h4-9,20H,10H2,1-3H3,(H,22,23). The highest BCUT2D eigenvalue weighted by atomic mass is 16.5. The number of fused-ring (bicyclic) bond motifs is 1. The number of imidazole rings is 1. The van der Waals surface area contributed by atoms with E-state index in [1.54, 1.807) is 13.3 Å². The van der Waals surface area contributed by atoms with Crippen molar-refractivity contribution >= 4 is 16.7 Å². The number of nitrogens with one attached hydrogen (secondary N) is 2. The second-order valence-corrected chi connectivity index (χ2v) is 6.03. The largest absolute Gasteiger partial charge is 0.480 e. The minimum absolute atomic E-state index is 0.525. The summed E-state index contributed by atoms with van der Waals surface area (Å²) >= 11 is 0. The average Bonchev–Trinajstić information content (AvgIpc) is 3.22. The van der Waals surface area contributed by atoms with Crippen molar-refractivity contribution in [2.24, 2.45) is 0 Å². The predicted octanol–water partition coefficient (Wildman–Crippen LogP) is 3.85. The Balaban J connectivity index is 1.63. The average molecular weight is 349 g/mol. The topological polar surface area (TPSA) is 88.9 Å². The van der Waals surface area contributed by atoms with E-state index in [4.69, 9.17) is 9.26 Å². The minimum atomic E-state index is 0.525. The number of aryl methyl sites for hydroxylation is 2. The molecule has 0 saturated heterocycles. The van der Waals surface area contributed by atoms with E-state index < -0.39 is 0 Å². The molecule has 3 aromatic heterocycles. The lowest BCUT2D eigenvalue weighted by Gasteiger charge is -2.11. The van der Waals surface area contributed by atoms with Crippen molar-refractivity contribution < 1.29 is 9.26 Å². The molecule has 0 spiro atoms. The van der Waals surface area contributed by atoms with Crippen molar-refractivity contribution in [2.45, 2.75) is 20.4 Å².